The zero-order chi connectivity index (χ0) is 17.6. The predicted octanol–water partition coefficient (Wildman–Crippen LogP) is 3.89. The minimum Gasteiger partial charge on any atom is -0.309 e. The van der Waals surface area contributed by atoms with Crippen LogP contribution in [0.2, 0.25) is 5.02 Å². The normalized spacial score (nSPS) is 24.0. The molecule has 0 radical (unpaired) electrons. The standard InChI is InChI=1S/C20H27ClN4/c1-20(2,3)25-11-14(10-24-12-15-8-9-16(13-24)22-15)19(23-25)17-6-4-5-7-18(17)21/h4-7,11,15-16,22H,8-10,12-13H2,1-3H3. The van der Waals surface area contributed by atoms with E-state index in [1.54, 1.807) is 0 Å². The van der Waals surface area contributed by atoms with Crippen LogP contribution < -0.4 is 5.32 Å². The largest absolute Gasteiger partial charge is 0.309 e. The van der Waals surface area contributed by atoms with Gasteiger partial charge in [-0.15, -0.1) is 0 Å². The van der Waals surface area contributed by atoms with Crippen molar-refractivity contribution in [1.82, 2.24) is 20.0 Å². The van der Waals surface area contributed by atoms with Crippen LogP contribution in [0.5, 0.6) is 0 Å². The van der Waals surface area contributed by atoms with Crippen LogP contribution in [0.15, 0.2) is 30.5 Å². The second-order valence-electron chi connectivity index (χ2n) is 8.43. The Hall–Kier alpha value is -1.36. The lowest BCUT2D eigenvalue weighted by Gasteiger charge is -2.32. The fraction of sp³-hybridized carbons (Fsp3) is 0.550. The first-order valence-corrected chi connectivity index (χ1v) is 9.60. The van der Waals surface area contributed by atoms with Gasteiger partial charge in [-0.2, -0.15) is 5.10 Å². The Morgan fingerprint density at radius 1 is 1.16 bits per heavy atom. The molecule has 1 aromatic carbocycles. The van der Waals surface area contributed by atoms with Gasteiger partial charge in [0.25, 0.3) is 0 Å². The van der Waals surface area contributed by atoms with Gasteiger partial charge in [0.15, 0.2) is 0 Å². The van der Waals surface area contributed by atoms with E-state index in [1.807, 2.05) is 18.2 Å². The Labute approximate surface area is 155 Å². The monoisotopic (exact) mass is 358 g/mol. The quantitative estimate of drug-likeness (QED) is 0.903. The molecular weight excluding hydrogens is 332 g/mol. The molecule has 2 bridgehead atoms. The molecule has 2 unspecified atom stereocenters. The molecule has 0 amide bonds. The van der Waals surface area contributed by atoms with Crippen LogP contribution in [0, 0.1) is 0 Å². The topological polar surface area (TPSA) is 33.1 Å². The van der Waals surface area contributed by atoms with Gasteiger partial charge in [-0.25, -0.2) is 0 Å². The number of hydrogen-bond acceptors (Lipinski definition) is 3. The number of nitrogens with one attached hydrogen (secondary N) is 1. The molecule has 2 aliphatic rings. The van der Waals surface area contributed by atoms with Crippen LogP contribution in [-0.4, -0.2) is 39.9 Å². The highest BCUT2D eigenvalue weighted by Gasteiger charge is 2.32. The third-order valence-electron chi connectivity index (χ3n) is 5.29. The van der Waals surface area contributed by atoms with Crippen molar-refractivity contribution in [3.8, 4) is 11.3 Å². The minimum atomic E-state index is -0.0449. The van der Waals surface area contributed by atoms with E-state index in [0.29, 0.717) is 12.1 Å². The van der Waals surface area contributed by atoms with Crippen LogP contribution >= 0.6 is 11.6 Å². The molecule has 5 heteroatoms. The third kappa shape index (κ3) is 3.48. The van der Waals surface area contributed by atoms with Crippen molar-refractivity contribution in [3.05, 3.63) is 41.0 Å². The number of nitrogens with zero attached hydrogens (tertiary/aromatic N) is 3. The van der Waals surface area contributed by atoms with Crippen LogP contribution in [0.3, 0.4) is 0 Å². The van der Waals surface area contributed by atoms with Crippen molar-refractivity contribution in [3.63, 3.8) is 0 Å². The molecule has 4 nitrogen and oxygen atoms in total. The highest BCUT2D eigenvalue weighted by Crippen LogP contribution is 2.32. The summed E-state index contributed by atoms with van der Waals surface area (Å²) >= 11 is 6.48. The van der Waals surface area contributed by atoms with Gasteiger partial charge in [-0.3, -0.25) is 9.58 Å². The molecule has 2 aliphatic heterocycles. The van der Waals surface area contributed by atoms with Crippen LogP contribution in [-0.2, 0) is 12.1 Å². The molecule has 4 rings (SSSR count). The summed E-state index contributed by atoms with van der Waals surface area (Å²) in [7, 11) is 0. The number of hydrogen-bond donors (Lipinski definition) is 1. The molecule has 0 saturated carbocycles. The first-order valence-electron chi connectivity index (χ1n) is 9.22. The molecule has 2 aromatic rings. The summed E-state index contributed by atoms with van der Waals surface area (Å²) in [5.74, 6) is 0. The van der Waals surface area contributed by atoms with Crippen molar-refractivity contribution in [1.29, 1.82) is 0 Å². The SMILES string of the molecule is CC(C)(C)n1cc(CN2CC3CCC(C2)N3)c(-c2ccccc2Cl)n1. The zero-order valence-corrected chi connectivity index (χ0v) is 16.1. The fourth-order valence-electron chi connectivity index (χ4n) is 4.01. The molecule has 25 heavy (non-hydrogen) atoms. The first-order chi connectivity index (χ1) is 11.9. The summed E-state index contributed by atoms with van der Waals surface area (Å²) in [5.41, 5.74) is 3.27. The van der Waals surface area contributed by atoms with Crippen molar-refractivity contribution in [2.75, 3.05) is 13.1 Å². The van der Waals surface area contributed by atoms with Crippen molar-refractivity contribution in [2.45, 2.75) is 57.8 Å². The van der Waals surface area contributed by atoms with Crippen molar-refractivity contribution in [2.24, 2.45) is 0 Å². The van der Waals surface area contributed by atoms with E-state index in [-0.39, 0.29) is 5.54 Å². The van der Waals surface area contributed by atoms with Crippen molar-refractivity contribution < 1.29 is 0 Å². The van der Waals surface area contributed by atoms with Gasteiger partial charge in [0.05, 0.1) is 16.3 Å². The van der Waals surface area contributed by atoms with Crippen LogP contribution in [0.4, 0.5) is 0 Å². The van der Waals surface area contributed by atoms with E-state index < -0.39 is 0 Å². The van der Waals surface area contributed by atoms with Gasteiger partial charge < -0.3 is 5.32 Å². The van der Waals surface area contributed by atoms with Crippen LogP contribution in [0.25, 0.3) is 11.3 Å². The minimum absolute atomic E-state index is 0.0449. The molecule has 0 aliphatic carbocycles. The summed E-state index contributed by atoms with van der Waals surface area (Å²) in [5, 5.41) is 9.40. The number of aromatic nitrogens is 2. The number of benzene rings is 1. The number of fused-ring (bicyclic) bond motifs is 2. The van der Waals surface area contributed by atoms with Crippen molar-refractivity contribution >= 4 is 11.6 Å². The average Bonchev–Trinajstić information content (AvgIpc) is 3.11. The molecule has 3 heterocycles. The van der Waals surface area contributed by atoms with Crippen LogP contribution in [0.1, 0.15) is 39.2 Å². The molecule has 1 N–H and O–H groups in total. The van der Waals surface area contributed by atoms with E-state index in [1.165, 1.54) is 18.4 Å². The van der Waals surface area contributed by atoms with Gasteiger partial charge in [0.1, 0.15) is 0 Å². The van der Waals surface area contributed by atoms with E-state index in [2.05, 4.69) is 47.9 Å². The molecule has 1 aromatic heterocycles. The summed E-state index contributed by atoms with van der Waals surface area (Å²) in [6.07, 6.45) is 4.82. The maximum absolute atomic E-state index is 6.48. The lowest BCUT2D eigenvalue weighted by Crippen LogP contribution is -2.50. The van der Waals surface area contributed by atoms with E-state index in [4.69, 9.17) is 16.7 Å². The highest BCUT2D eigenvalue weighted by molar-refractivity contribution is 6.33. The predicted molar refractivity (Wildman–Crippen MR) is 103 cm³/mol. The molecule has 134 valence electrons. The van der Waals surface area contributed by atoms with Gasteiger partial charge in [0, 0.05) is 49.0 Å². The lowest BCUT2D eigenvalue weighted by molar-refractivity contribution is 0.189. The lowest BCUT2D eigenvalue weighted by atomic mass is 10.1. The molecular formula is C20H27ClN4. The Kier molecular flexibility index (Phi) is 4.38. The summed E-state index contributed by atoms with van der Waals surface area (Å²) in [4.78, 5) is 2.57. The maximum atomic E-state index is 6.48. The van der Waals surface area contributed by atoms with E-state index in [9.17, 15) is 0 Å². The van der Waals surface area contributed by atoms with Gasteiger partial charge in [-0.1, -0.05) is 29.8 Å². The number of piperazine rings is 1. The Morgan fingerprint density at radius 2 is 1.84 bits per heavy atom. The van der Waals surface area contributed by atoms with E-state index in [0.717, 1.165) is 35.9 Å². The van der Waals surface area contributed by atoms with Gasteiger partial charge in [-0.05, 0) is 39.7 Å². The Balaban J connectivity index is 1.68. The molecule has 2 atom stereocenters. The summed E-state index contributed by atoms with van der Waals surface area (Å²) < 4.78 is 2.08. The summed E-state index contributed by atoms with van der Waals surface area (Å²) in [6.45, 7) is 9.74. The number of likely N-dealkylation sites (tertiary alicyclic amines) is 1. The molecule has 2 saturated heterocycles. The second-order valence-corrected chi connectivity index (χ2v) is 8.84. The molecule has 2 fully saturated rings. The third-order valence-corrected chi connectivity index (χ3v) is 5.62. The number of rotatable bonds is 3. The van der Waals surface area contributed by atoms with Gasteiger partial charge >= 0.3 is 0 Å². The zero-order valence-electron chi connectivity index (χ0n) is 15.3. The fourth-order valence-corrected chi connectivity index (χ4v) is 4.23. The van der Waals surface area contributed by atoms with E-state index >= 15 is 0 Å². The highest BCUT2D eigenvalue weighted by atomic mass is 35.5. The van der Waals surface area contributed by atoms with Gasteiger partial charge in [0.2, 0.25) is 0 Å². The number of halogens is 1. The smallest absolute Gasteiger partial charge is 0.0983 e. The Bertz CT molecular complexity index is 749. The first kappa shape index (κ1) is 17.1. The summed E-state index contributed by atoms with van der Waals surface area (Å²) in [6, 6.07) is 9.33. The second kappa shape index (κ2) is 6.42. The maximum Gasteiger partial charge on any atom is 0.0983 e. The molecule has 0 spiro atoms. The average molecular weight is 359 g/mol. The Morgan fingerprint density at radius 3 is 2.48 bits per heavy atom.